The van der Waals surface area contributed by atoms with Gasteiger partial charge in [-0.05, 0) is 20.3 Å². The molecule has 1 aliphatic rings. The van der Waals surface area contributed by atoms with Gasteiger partial charge in [0.2, 0.25) is 0 Å². The van der Waals surface area contributed by atoms with Crippen molar-refractivity contribution in [1.82, 2.24) is 9.80 Å². The standard InChI is InChI=1S/C13H26N2O2/c1-12(2)3-5-15-7-6-14(8-10-17)11-13(15)4-9-16/h3,13,16-17H,4-11H2,1-2H3/t13-/m1/s1. The van der Waals surface area contributed by atoms with E-state index < -0.39 is 0 Å². The highest BCUT2D eigenvalue weighted by molar-refractivity contribution is 4.97. The van der Waals surface area contributed by atoms with Gasteiger partial charge < -0.3 is 10.2 Å². The van der Waals surface area contributed by atoms with Gasteiger partial charge in [-0.3, -0.25) is 9.80 Å². The van der Waals surface area contributed by atoms with Gasteiger partial charge in [0.1, 0.15) is 0 Å². The van der Waals surface area contributed by atoms with Crippen LogP contribution in [0.3, 0.4) is 0 Å². The van der Waals surface area contributed by atoms with Gasteiger partial charge in [0, 0.05) is 45.4 Å². The number of aliphatic hydroxyl groups is 2. The molecule has 1 aliphatic heterocycles. The number of aliphatic hydroxyl groups excluding tert-OH is 2. The van der Waals surface area contributed by atoms with Crippen molar-refractivity contribution < 1.29 is 10.2 Å². The Morgan fingerprint density at radius 2 is 2.00 bits per heavy atom. The zero-order valence-corrected chi connectivity index (χ0v) is 11.1. The molecule has 2 N–H and O–H groups in total. The van der Waals surface area contributed by atoms with Crippen molar-refractivity contribution in [2.75, 3.05) is 45.9 Å². The smallest absolute Gasteiger partial charge is 0.0558 e. The van der Waals surface area contributed by atoms with Gasteiger partial charge in [0.05, 0.1) is 6.61 Å². The quantitative estimate of drug-likeness (QED) is 0.658. The number of nitrogens with zero attached hydrogens (tertiary/aromatic N) is 2. The van der Waals surface area contributed by atoms with Gasteiger partial charge in [-0.2, -0.15) is 0 Å². The zero-order valence-electron chi connectivity index (χ0n) is 11.1. The van der Waals surface area contributed by atoms with Gasteiger partial charge in [-0.25, -0.2) is 0 Å². The molecule has 0 aromatic rings. The zero-order chi connectivity index (χ0) is 12.7. The van der Waals surface area contributed by atoms with Crippen molar-refractivity contribution in [3.8, 4) is 0 Å². The summed E-state index contributed by atoms with van der Waals surface area (Å²) in [5.41, 5.74) is 1.34. The molecule has 0 aromatic carbocycles. The fraction of sp³-hybridized carbons (Fsp3) is 0.846. The van der Waals surface area contributed by atoms with Crippen LogP contribution in [0.4, 0.5) is 0 Å². The van der Waals surface area contributed by atoms with Crippen LogP contribution in [0.25, 0.3) is 0 Å². The van der Waals surface area contributed by atoms with Gasteiger partial charge in [0.15, 0.2) is 0 Å². The Balaban J connectivity index is 2.49. The van der Waals surface area contributed by atoms with E-state index in [4.69, 9.17) is 10.2 Å². The van der Waals surface area contributed by atoms with Crippen LogP contribution in [-0.4, -0.2) is 72.0 Å². The van der Waals surface area contributed by atoms with Gasteiger partial charge in [0.25, 0.3) is 0 Å². The Labute approximate surface area is 105 Å². The van der Waals surface area contributed by atoms with Crippen LogP contribution < -0.4 is 0 Å². The molecule has 0 aromatic heterocycles. The highest BCUT2D eigenvalue weighted by Crippen LogP contribution is 2.13. The third-order valence-corrected chi connectivity index (χ3v) is 3.30. The first-order valence-electron chi connectivity index (χ1n) is 6.49. The molecule has 0 radical (unpaired) electrons. The minimum atomic E-state index is 0.222. The largest absolute Gasteiger partial charge is 0.396 e. The second kappa shape index (κ2) is 7.82. The van der Waals surface area contributed by atoms with Crippen molar-refractivity contribution in [2.45, 2.75) is 26.3 Å². The van der Waals surface area contributed by atoms with Crippen molar-refractivity contribution in [3.63, 3.8) is 0 Å². The number of hydrogen-bond donors (Lipinski definition) is 2. The average molecular weight is 242 g/mol. The summed E-state index contributed by atoms with van der Waals surface area (Å²) in [5.74, 6) is 0. The Kier molecular flexibility index (Phi) is 6.73. The molecule has 17 heavy (non-hydrogen) atoms. The Morgan fingerprint density at radius 1 is 1.24 bits per heavy atom. The first-order valence-corrected chi connectivity index (χ1v) is 6.49. The summed E-state index contributed by atoms with van der Waals surface area (Å²) in [6.45, 7) is 9.40. The second-order valence-electron chi connectivity index (χ2n) is 4.97. The normalized spacial score (nSPS) is 22.7. The van der Waals surface area contributed by atoms with Crippen LogP contribution in [0.1, 0.15) is 20.3 Å². The lowest BCUT2D eigenvalue weighted by Crippen LogP contribution is -2.53. The fourth-order valence-corrected chi connectivity index (χ4v) is 2.26. The lowest BCUT2D eigenvalue weighted by molar-refractivity contribution is 0.0580. The molecule has 0 saturated carbocycles. The van der Waals surface area contributed by atoms with Crippen LogP contribution >= 0.6 is 0 Å². The van der Waals surface area contributed by atoms with E-state index in [2.05, 4.69) is 29.7 Å². The maximum absolute atomic E-state index is 9.12. The monoisotopic (exact) mass is 242 g/mol. The SMILES string of the molecule is CC(C)=CCN1CCN(CCO)C[C@H]1CCO. The highest BCUT2D eigenvalue weighted by atomic mass is 16.3. The predicted molar refractivity (Wildman–Crippen MR) is 70.0 cm³/mol. The predicted octanol–water partition coefficient (Wildman–Crippen LogP) is 0.313. The highest BCUT2D eigenvalue weighted by Gasteiger charge is 2.25. The first-order chi connectivity index (χ1) is 8.17. The maximum Gasteiger partial charge on any atom is 0.0558 e. The summed E-state index contributed by atoms with van der Waals surface area (Å²) in [5, 5.41) is 18.1. The molecule has 0 spiro atoms. The molecule has 1 atom stereocenters. The molecule has 1 fully saturated rings. The summed E-state index contributed by atoms with van der Waals surface area (Å²) >= 11 is 0. The lowest BCUT2D eigenvalue weighted by Gasteiger charge is -2.40. The molecule has 0 unspecified atom stereocenters. The number of β-amino-alcohol motifs (C(OH)–C–C–N with tert-alkyl or cyclic N) is 1. The molecule has 4 nitrogen and oxygen atoms in total. The summed E-state index contributed by atoms with van der Waals surface area (Å²) in [6.07, 6.45) is 3.06. The third kappa shape index (κ3) is 5.17. The summed E-state index contributed by atoms with van der Waals surface area (Å²) < 4.78 is 0. The number of rotatable bonds is 6. The van der Waals surface area contributed by atoms with E-state index in [1.807, 2.05) is 0 Å². The molecule has 0 amide bonds. The van der Waals surface area contributed by atoms with Crippen LogP contribution in [0, 0.1) is 0 Å². The Hall–Kier alpha value is -0.420. The molecule has 4 heteroatoms. The van der Waals surface area contributed by atoms with Crippen LogP contribution in [0.2, 0.25) is 0 Å². The van der Waals surface area contributed by atoms with E-state index in [1.54, 1.807) is 0 Å². The van der Waals surface area contributed by atoms with E-state index in [0.717, 1.165) is 39.1 Å². The van der Waals surface area contributed by atoms with Crippen LogP contribution in [-0.2, 0) is 0 Å². The van der Waals surface area contributed by atoms with Crippen LogP contribution in [0.15, 0.2) is 11.6 Å². The second-order valence-corrected chi connectivity index (χ2v) is 4.97. The van der Waals surface area contributed by atoms with Gasteiger partial charge in [-0.1, -0.05) is 11.6 Å². The van der Waals surface area contributed by atoms with E-state index in [-0.39, 0.29) is 13.2 Å². The third-order valence-electron chi connectivity index (χ3n) is 3.30. The summed E-state index contributed by atoms with van der Waals surface area (Å²) in [6, 6.07) is 0.413. The average Bonchev–Trinajstić information content (AvgIpc) is 2.28. The van der Waals surface area contributed by atoms with E-state index >= 15 is 0 Å². The molecular weight excluding hydrogens is 216 g/mol. The minimum Gasteiger partial charge on any atom is -0.396 e. The molecule has 100 valence electrons. The maximum atomic E-state index is 9.12. The van der Waals surface area contributed by atoms with Gasteiger partial charge >= 0.3 is 0 Å². The number of allylic oxidation sites excluding steroid dienone is 1. The Bertz CT molecular complexity index is 240. The first kappa shape index (κ1) is 14.6. The molecular formula is C13H26N2O2. The van der Waals surface area contributed by atoms with E-state index in [1.165, 1.54) is 5.57 Å². The molecule has 0 aliphatic carbocycles. The fourth-order valence-electron chi connectivity index (χ4n) is 2.26. The lowest BCUT2D eigenvalue weighted by atomic mass is 10.1. The van der Waals surface area contributed by atoms with Crippen molar-refractivity contribution in [3.05, 3.63) is 11.6 Å². The van der Waals surface area contributed by atoms with E-state index in [9.17, 15) is 0 Å². The van der Waals surface area contributed by atoms with Crippen molar-refractivity contribution >= 4 is 0 Å². The number of hydrogen-bond acceptors (Lipinski definition) is 4. The summed E-state index contributed by atoms with van der Waals surface area (Å²) in [4.78, 5) is 4.70. The minimum absolute atomic E-state index is 0.222. The number of piperazine rings is 1. The molecule has 0 bridgehead atoms. The topological polar surface area (TPSA) is 46.9 Å². The van der Waals surface area contributed by atoms with Gasteiger partial charge in [-0.15, -0.1) is 0 Å². The molecule has 1 rings (SSSR count). The summed E-state index contributed by atoms with van der Waals surface area (Å²) in [7, 11) is 0. The van der Waals surface area contributed by atoms with E-state index in [0.29, 0.717) is 6.04 Å². The van der Waals surface area contributed by atoms with Crippen molar-refractivity contribution in [1.29, 1.82) is 0 Å². The molecule has 1 saturated heterocycles. The van der Waals surface area contributed by atoms with Crippen LogP contribution in [0.5, 0.6) is 0 Å². The van der Waals surface area contributed by atoms with Crippen molar-refractivity contribution in [2.24, 2.45) is 0 Å². The molecule has 1 heterocycles. The Morgan fingerprint density at radius 3 is 2.59 bits per heavy atom.